The summed E-state index contributed by atoms with van der Waals surface area (Å²) < 4.78 is 0. The number of aryl methyl sites for hydroxylation is 2. The molecule has 1 fully saturated rings. The van der Waals surface area contributed by atoms with E-state index in [1.165, 1.54) is 22.4 Å². The van der Waals surface area contributed by atoms with Crippen molar-refractivity contribution in [3.63, 3.8) is 0 Å². The van der Waals surface area contributed by atoms with Crippen LogP contribution in [0.3, 0.4) is 0 Å². The van der Waals surface area contributed by atoms with Gasteiger partial charge >= 0.3 is 0 Å². The first kappa shape index (κ1) is 22.4. The van der Waals surface area contributed by atoms with E-state index in [-0.39, 0.29) is 17.5 Å². The number of hydrogen-bond donors (Lipinski definition) is 1. The number of nitriles is 1. The predicted molar refractivity (Wildman–Crippen MR) is 126 cm³/mol. The van der Waals surface area contributed by atoms with Crippen LogP contribution in [0.15, 0.2) is 54.2 Å². The fraction of sp³-hybridized carbons (Fsp3) is 0.385. The molecule has 1 atom stereocenters. The lowest BCUT2D eigenvalue weighted by atomic mass is 10.0. The largest absolute Gasteiger partial charge is 0.373 e. The average Bonchev–Trinajstić information content (AvgIpc) is 2.79. The highest BCUT2D eigenvalue weighted by Crippen LogP contribution is 2.24. The van der Waals surface area contributed by atoms with Gasteiger partial charge < -0.3 is 15.1 Å². The van der Waals surface area contributed by atoms with Crippen LogP contribution in [-0.2, 0) is 11.2 Å². The number of benzene rings is 2. The van der Waals surface area contributed by atoms with Gasteiger partial charge in [0.2, 0.25) is 0 Å². The first-order chi connectivity index (χ1) is 14.9. The van der Waals surface area contributed by atoms with E-state index >= 15 is 0 Å². The zero-order chi connectivity index (χ0) is 22.4. The Morgan fingerprint density at radius 3 is 2.42 bits per heavy atom. The summed E-state index contributed by atoms with van der Waals surface area (Å²) in [6.45, 7) is 11.6. The van der Waals surface area contributed by atoms with Crippen LogP contribution in [0, 0.1) is 25.2 Å². The highest BCUT2D eigenvalue weighted by Gasteiger charge is 2.20. The van der Waals surface area contributed by atoms with Gasteiger partial charge in [-0.05, 0) is 55.5 Å². The minimum absolute atomic E-state index is 0.150. The predicted octanol–water partition coefficient (Wildman–Crippen LogP) is 4.27. The molecule has 0 aliphatic carbocycles. The zero-order valence-corrected chi connectivity index (χ0v) is 19.0. The number of carbonyl (C=O) groups excluding carboxylic acids is 1. The lowest BCUT2D eigenvalue weighted by molar-refractivity contribution is -0.117. The van der Waals surface area contributed by atoms with Gasteiger partial charge in [0, 0.05) is 38.1 Å². The molecule has 0 bridgehead atoms. The maximum Gasteiger partial charge on any atom is 0.263 e. The second kappa shape index (κ2) is 10.2. The molecule has 1 aliphatic heterocycles. The van der Waals surface area contributed by atoms with Crippen LogP contribution in [0.4, 0.5) is 5.69 Å². The Morgan fingerprint density at radius 1 is 1.13 bits per heavy atom. The third kappa shape index (κ3) is 5.46. The van der Waals surface area contributed by atoms with Crippen molar-refractivity contribution in [2.45, 2.75) is 40.2 Å². The quantitative estimate of drug-likeness (QED) is 0.564. The molecule has 2 aromatic rings. The van der Waals surface area contributed by atoms with Gasteiger partial charge in [-0.1, -0.05) is 43.3 Å². The fourth-order valence-electron chi connectivity index (χ4n) is 3.89. The number of anilines is 1. The number of nitrogens with zero attached hydrogens (tertiary/aromatic N) is 3. The van der Waals surface area contributed by atoms with Gasteiger partial charge in [-0.25, -0.2) is 0 Å². The molecule has 3 rings (SSSR count). The van der Waals surface area contributed by atoms with Gasteiger partial charge in [-0.3, -0.25) is 4.79 Å². The molecule has 162 valence electrons. The summed E-state index contributed by atoms with van der Waals surface area (Å²) in [7, 11) is 0. The third-order valence-electron chi connectivity index (χ3n) is 6.14. The molecule has 1 N–H and O–H groups in total. The van der Waals surface area contributed by atoms with Crippen LogP contribution >= 0.6 is 0 Å². The number of nitrogens with one attached hydrogen (secondary N) is 1. The van der Waals surface area contributed by atoms with E-state index in [0.717, 1.165) is 38.2 Å². The molecule has 1 saturated heterocycles. The molecule has 0 radical (unpaired) electrons. The molecular formula is C26H32N4O. The van der Waals surface area contributed by atoms with E-state index in [9.17, 15) is 10.1 Å². The topological polar surface area (TPSA) is 59.4 Å². The standard InChI is InChI=1S/C26H32N4O/c1-5-22-9-11-23(12-10-22)21(4)28-26(31)24(17-27)18-29-13-15-30(16-14-29)25-8-6-7-19(2)20(25)3/h6-12,18,21H,5,13-16H2,1-4H3,(H,28,31)/b24-18-. The Labute approximate surface area is 186 Å². The molecular weight excluding hydrogens is 384 g/mol. The minimum Gasteiger partial charge on any atom is -0.373 e. The molecule has 0 spiro atoms. The minimum atomic E-state index is -0.327. The molecule has 0 aromatic heterocycles. The molecule has 1 unspecified atom stereocenters. The first-order valence-corrected chi connectivity index (χ1v) is 11.0. The summed E-state index contributed by atoms with van der Waals surface area (Å²) in [6.07, 6.45) is 2.70. The van der Waals surface area contributed by atoms with Crippen LogP contribution < -0.4 is 10.2 Å². The normalized spacial score (nSPS) is 15.4. The van der Waals surface area contributed by atoms with Gasteiger partial charge in [0.25, 0.3) is 5.91 Å². The molecule has 2 aromatic carbocycles. The van der Waals surface area contributed by atoms with E-state index in [4.69, 9.17) is 0 Å². The fourth-order valence-corrected chi connectivity index (χ4v) is 3.89. The smallest absolute Gasteiger partial charge is 0.263 e. The van der Waals surface area contributed by atoms with Crippen molar-refractivity contribution in [1.82, 2.24) is 10.2 Å². The van der Waals surface area contributed by atoms with Crippen molar-refractivity contribution in [1.29, 1.82) is 5.26 Å². The van der Waals surface area contributed by atoms with Crippen LogP contribution in [0.5, 0.6) is 0 Å². The first-order valence-electron chi connectivity index (χ1n) is 11.0. The van der Waals surface area contributed by atoms with E-state index in [1.807, 2.05) is 19.1 Å². The maximum atomic E-state index is 12.7. The summed E-state index contributed by atoms with van der Waals surface area (Å²) >= 11 is 0. The Hall–Kier alpha value is -3.26. The third-order valence-corrected chi connectivity index (χ3v) is 6.14. The number of rotatable bonds is 6. The second-order valence-corrected chi connectivity index (χ2v) is 8.19. The zero-order valence-electron chi connectivity index (χ0n) is 19.0. The summed E-state index contributed by atoms with van der Waals surface area (Å²) in [4.78, 5) is 17.1. The van der Waals surface area contributed by atoms with Gasteiger partial charge in [0.15, 0.2) is 0 Å². The van der Waals surface area contributed by atoms with E-state index in [0.29, 0.717) is 0 Å². The van der Waals surface area contributed by atoms with Crippen molar-refractivity contribution < 1.29 is 4.79 Å². The van der Waals surface area contributed by atoms with Gasteiger partial charge in [0.05, 0.1) is 6.04 Å². The molecule has 5 nitrogen and oxygen atoms in total. The number of piperazine rings is 1. The Morgan fingerprint density at radius 2 is 1.81 bits per heavy atom. The lowest BCUT2D eigenvalue weighted by Crippen LogP contribution is -2.44. The molecule has 1 aliphatic rings. The number of amides is 1. The Kier molecular flexibility index (Phi) is 7.36. The maximum absolute atomic E-state index is 12.7. The van der Waals surface area contributed by atoms with Crippen molar-refractivity contribution in [2.24, 2.45) is 0 Å². The highest BCUT2D eigenvalue weighted by atomic mass is 16.1. The van der Waals surface area contributed by atoms with Crippen molar-refractivity contribution in [3.05, 3.63) is 76.5 Å². The van der Waals surface area contributed by atoms with Gasteiger partial charge in [-0.15, -0.1) is 0 Å². The highest BCUT2D eigenvalue weighted by molar-refractivity contribution is 5.97. The summed E-state index contributed by atoms with van der Waals surface area (Å²) in [6, 6.07) is 16.5. The van der Waals surface area contributed by atoms with Gasteiger partial charge in [0.1, 0.15) is 11.6 Å². The van der Waals surface area contributed by atoms with Crippen molar-refractivity contribution >= 4 is 11.6 Å². The average molecular weight is 417 g/mol. The van der Waals surface area contributed by atoms with Crippen LogP contribution in [-0.4, -0.2) is 37.0 Å². The molecule has 0 saturated carbocycles. The second-order valence-electron chi connectivity index (χ2n) is 8.19. The molecule has 5 heteroatoms. The number of carbonyl (C=O) groups is 1. The Bertz CT molecular complexity index is 979. The summed E-state index contributed by atoms with van der Waals surface area (Å²) in [5, 5.41) is 12.5. The number of hydrogen-bond acceptors (Lipinski definition) is 4. The van der Waals surface area contributed by atoms with Crippen LogP contribution in [0.1, 0.15) is 42.1 Å². The molecule has 1 heterocycles. The van der Waals surface area contributed by atoms with Crippen molar-refractivity contribution in [2.75, 3.05) is 31.1 Å². The van der Waals surface area contributed by atoms with Crippen LogP contribution in [0.2, 0.25) is 0 Å². The van der Waals surface area contributed by atoms with Gasteiger partial charge in [-0.2, -0.15) is 5.26 Å². The van der Waals surface area contributed by atoms with E-state index in [2.05, 4.69) is 72.3 Å². The lowest BCUT2D eigenvalue weighted by Gasteiger charge is -2.36. The summed E-state index contributed by atoms with van der Waals surface area (Å²) in [5.74, 6) is -0.327. The molecule has 31 heavy (non-hydrogen) atoms. The van der Waals surface area contributed by atoms with Crippen LogP contribution in [0.25, 0.3) is 0 Å². The van der Waals surface area contributed by atoms with E-state index in [1.54, 1.807) is 6.20 Å². The molecule has 1 amide bonds. The SMILES string of the molecule is CCc1ccc(C(C)NC(=O)/C(C#N)=C\N2CCN(c3cccc(C)c3C)CC2)cc1. The monoisotopic (exact) mass is 416 g/mol. The van der Waals surface area contributed by atoms with Crippen molar-refractivity contribution in [3.8, 4) is 6.07 Å². The Balaban J connectivity index is 1.60. The van der Waals surface area contributed by atoms with E-state index < -0.39 is 0 Å². The summed E-state index contributed by atoms with van der Waals surface area (Å²) in [5.41, 5.74) is 6.32.